The van der Waals surface area contributed by atoms with E-state index in [1.807, 2.05) is 6.92 Å². The Morgan fingerprint density at radius 3 is 2.29 bits per heavy atom. The van der Waals surface area contributed by atoms with E-state index in [0.717, 1.165) is 10.0 Å². The molecule has 0 bridgehead atoms. The third-order valence-electron chi connectivity index (χ3n) is 3.12. The second-order valence-electron chi connectivity index (χ2n) is 4.56. The number of benzene rings is 2. The van der Waals surface area contributed by atoms with Crippen molar-refractivity contribution < 1.29 is 12.8 Å². The Kier molecular flexibility index (Phi) is 4.68. The highest BCUT2D eigenvalue weighted by Crippen LogP contribution is 2.26. The molecular formula is C15H15BrFNO2S. The summed E-state index contributed by atoms with van der Waals surface area (Å²) in [7, 11) is -3.67. The lowest BCUT2D eigenvalue weighted by molar-refractivity contribution is 0.591. The van der Waals surface area contributed by atoms with Crippen LogP contribution in [0.4, 0.5) is 10.1 Å². The van der Waals surface area contributed by atoms with Crippen LogP contribution in [0.15, 0.2) is 51.8 Å². The monoisotopic (exact) mass is 371 g/mol. The maximum atomic E-state index is 13.0. The van der Waals surface area contributed by atoms with E-state index >= 15 is 0 Å². The summed E-state index contributed by atoms with van der Waals surface area (Å²) in [4.78, 5) is 0.217. The Hall–Kier alpha value is -1.40. The van der Waals surface area contributed by atoms with Gasteiger partial charge in [0.2, 0.25) is 0 Å². The summed E-state index contributed by atoms with van der Waals surface area (Å²) in [5.74, 6) is -0.397. The average Bonchev–Trinajstić information content (AvgIpc) is 2.44. The van der Waals surface area contributed by atoms with E-state index in [9.17, 15) is 12.8 Å². The van der Waals surface area contributed by atoms with Crippen LogP contribution < -0.4 is 4.31 Å². The van der Waals surface area contributed by atoms with Crippen LogP contribution in [0.1, 0.15) is 12.5 Å². The van der Waals surface area contributed by atoms with Crippen LogP contribution in [0.5, 0.6) is 0 Å². The van der Waals surface area contributed by atoms with Gasteiger partial charge in [0.25, 0.3) is 10.0 Å². The molecule has 112 valence electrons. The number of nitrogens with zero attached hydrogens (tertiary/aromatic N) is 1. The third kappa shape index (κ3) is 3.27. The summed E-state index contributed by atoms with van der Waals surface area (Å²) in [6.45, 7) is 3.84. The molecule has 0 saturated heterocycles. The summed E-state index contributed by atoms with van der Waals surface area (Å²) in [6.07, 6.45) is 0. The third-order valence-corrected chi connectivity index (χ3v) is 5.91. The minimum Gasteiger partial charge on any atom is -0.267 e. The van der Waals surface area contributed by atoms with Crippen LogP contribution >= 0.6 is 15.9 Å². The molecule has 0 saturated carbocycles. The second-order valence-corrected chi connectivity index (χ2v) is 7.27. The normalized spacial score (nSPS) is 11.4. The Labute approximate surface area is 132 Å². The number of sulfonamides is 1. The lowest BCUT2D eigenvalue weighted by Crippen LogP contribution is -2.30. The van der Waals surface area contributed by atoms with Crippen LogP contribution in [0.3, 0.4) is 0 Å². The molecule has 2 rings (SSSR count). The molecule has 3 nitrogen and oxygen atoms in total. The molecular weight excluding hydrogens is 357 g/mol. The van der Waals surface area contributed by atoms with Crippen molar-refractivity contribution in [2.24, 2.45) is 0 Å². The first-order valence-electron chi connectivity index (χ1n) is 6.40. The molecule has 0 heterocycles. The van der Waals surface area contributed by atoms with Crippen molar-refractivity contribution >= 4 is 31.6 Å². The molecule has 0 spiro atoms. The first-order chi connectivity index (χ1) is 9.86. The van der Waals surface area contributed by atoms with Gasteiger partial charge in [-0.25, -0.2) is 12.8 Å². The minimum absolute atomic E-state index is 0.217. The van der Waals surface area contributed by atoms with Gasteiger partial charge in [-0.05, 0) is 61.9 Å². The zero-order chi connectivity index (χ0) is 15.6. The van der Waals surface area contributed by atoms with Crippen molar-refractivity contribution in [1.29, 1.82) is 0 Å². The van der Waals surface area contributed by atoms with Crippen molar-refractivity contribution in [3.63, 3.8) is 0 Å². The molecule has 0 unspecified atom stereocenters. The summed E-state index contributed by atoms with van der Waals surface area (Å²) in [5.41, 5.74) is 1.28. The van der Waals surface area contributed by atoms with E-state index in [0.29, 0.717) is 5.69 Å². The lowest BCUT2D eigenvalue weighted by Gasteiger charge is -2.23. The van der Waals surface area contributed by atoms with Crippen molar-refractivity contribution in [3.8, 4) is 0 Å². The van der Waals surface area contributed by atoms with Crippen LogP contribution in [0.2, 0.25) is 0 Å². The van der Waals surface area contributed by atoms with Gasteiger partial charge in [0.15, 0.2) is 0 Å². The van der Waals surface area contributed by atoms with E-state index in [4.69, 9.17) is 0 Å². The van der Waals surface area contributed by atoms with Gasteiger partial charge in [0, 0.05) is 11.0 Å². The largest absolute Gasteiger partial charge is 0.267 e. The fraction of sp³-hybridized carbons (Fsp3) is 0.200. The Morgan fingerprint density at radius 1 is 1.14 bits per heavy atom. The smallest absolute Gasteiger partial charge is 0.264 e. The number of hydrogen-bond acceptors (Lipinski definition) is 2. The van der Waals surface area contributed by atoms with Gasteiger partial charge in [-0.2, -0.15) is 0 Å². The van der Waals surface area contributed by atoms with Gasteiger partial charge < -0.3 is 0 Å². The highest BCUT2D eigenvalue weighted by atomic mass is 79.9. The summed E-state index contributed by atoms with van der Waals surface area (Å²) >= 11 is 3.35. The van der Waals surface area contributed by atoms with E-state index < -0.39 is 15.8 Å². The zero-order valence-electron chi connectivity index (χ0n) is 11.7. The van der Waals surface area contributed by atoms with Gasteiger partial charge in [-0.3, -0.25) is 4.31 Å². The standard InChI is InChI=1S/C15H15BrFNO2S/c1-3-18(13-6-4-12(17)5-7-13)21(19,20)14-8-9-15(16)11(2)10-14/h4-10H,3H2,1-2H3. The van der Waals surface area contributed by atoms with Crippen LogP contribution in [0.25, 0.3) is 0 Å². The molecule has 0 aliphatic rings. The summed E-state index contributed by atoms with van der Waals surface area (Å²) in [5, 5.41) is 0. The SMILES string of the molecule is CCN(c1ccc(F)cc1)S(=O)(=O)c1ccc(Br)c(C)c1. The highest BCUT2D eigenvalue weighted by molar-refractivity contribution is 9.10. The number of aryl methyl sites for hydroxylation is 1. The van der Waals surface area contributed by atoms with Gasteiger partial charge in [0.05, 0.1) is 10.6 Å². The summed E-state index contributed by atoms with van der Waals surface area (Å²) < 4.78 is 40.6. The Morgan fingerprint density at radius 2 is 1.76 bits per heavy atom. The van der Waals surface area contributed by atoms with E-state index in [1.165, 1.54) is 28.6 Å². The predicted molar refractivity (Wildman–Crippen MR) is 85.5 cm³/mol. The van der Waals surface area contributed by atoms with Crippen molar-refractivity contribution in [3.05, 3.63) is 58.3 Å². The number of halogens is 2. The summed E-state index contributed by atoms with van der Waals surface area (Å²) in [6, 6.07) is 10.3. The van der Waals surface area contributed by atoms with Crippen LogP contribution in [-0.2, 0) is 10.0 Å². The predicted octanol–water partition coefficient (Wildman–Crippen LogP) is 4.11. The molecule has 0 N–H and O–H groups in total. The van der Waals surface area contributed by atoms with Crippen molar-refractivity contribution in [2.45, 2.75) is 18.7 Å². The quantitative estimate of drug-likeness (QED) is 0.810. The molecule has 0 amide bonds. The maximum absolute atomic E-state index is 13.0. The fourth-order valence-corrected chi connectivity index (χ4v) is 3.81. The average molecular weight is 372 g/mol. The van der Waals surface area contributed by atoms with E-state index in [1.54, 1.807) is 25.1 Å². The lowest BCUT2D eigenvalue weighted by atomic mass is 10.2. The van der Waals surface area contributed by atoms with Gasteiger partial charge in [0.1, 0.15) is 5.82 Å². The fourth-order valence-electron chi connectivity index (χ4n) is 2.00. The molecule has 0 aliphatic carbocycles. The number of hydrogen-bond donors (Lipinski definition) is 0. The Bertz CT molecular complexity index is 745. The molecule has 0 aromatic heterocycles. The number of rotatable bonds is 4. The van der Waals surface area contributed by atoms with Gasteiger partial charge in [-0.1, -0.05) is 15.9 Å². The molecule has 6 heteroatoms. The van der Waals surface area contributed by atoms with E-state index in [-0.39, 0.29) is 11.4 Å². The van der Waals surface area contributed by atoms with E-state index in [2.05, 4.69) is 15.9 Å². The Balaban J connectivity index is 2.49. The van der Waals surface area contributed by atoms with Crippen molar-refractivity contribution in [2.75, 3.05) is 10.8 Å². The van der Waals surface area contributed by atoms with Crippen LogP contribution in [0, 0.1) is 12.7 Å². The van der Waals surface area contributed by atoms with Gasteiger partial charge in [-0.15, -0.1) is 0 Å². The first kappa shape index (κ1) is 16.0. The molecule has 0 aliphatic heterocycles. The number of anilines is 1. The molecule has 21 heavy (non-hydrogen) atoms. The van der Waals surface area contributed by atoms with Gasteiger partial charge >= 0.3 is 0 Å². The van der Waals surface area contributed by atoms with Crippen LogP contribution in [-0.4, -0.2) is 15.0 Å². The first-order valence-corrected chi connectivity index (χ1v) is 8.64. The topological polar surface area (TPSA) is 37.4 Å². The molecule has 2 aromatic carbocycles. The zero-order valence-corrected chi connectivity index (χ0v) is 14.1. The van der Waals surface area contributed by atoms with Crippen molar-refractivity contribution in [1.82, 2.24) is 0 Å². The molecule has 0 fully saturated rings. The maximum Gasteiger partial charge on any atom is 0.264 e. The minimum atomic E-state index is -3.67. The highest BCUT2D eigenvalue weighted by Gasteiger charge is 2.23. The second kappa shape index (κ2) is 6.15. The molecule has 2 aromatic rings. The molecule has 0 atom stereocenters. The molecule has 0 radical (unpaired) electrons.